The molecule has 1 fully saturated rings. The summed E-state index contributed by atoms with van der Waals surface area (Å²) in [7, 11) is 1.58. The molecule has 0 N–H and O–H groups in total. The van der Waals surface area contributed by atoms with Gasteiger partial charge < -0.3 is 0 Å². The Morgan fingerprint density at radius 3 is 2.82 bits per heavy atom. The lowest BCUT2D eigenvalue weighted by molar-refractivity contribution is -0.117. The number of nitrogens with zero attached hydrogens (tertiary/aromatic N) is 3. The van der Waals surface area contributed by atoms with E-state index in [1.165, 1.54) is 4.90 Å². The van der Waals surface area contributed by atoms with Gasteiger partial charge in [-0.05, 0) is 6.92 Å². The van der Waals surface area contributed by atoms with Crippen LogP contribution in [0.4, 0.5) is 5.82 Å². The van der Waals surface area contributed by atoms with Gasteiger partial charge in [0.05, 0.1) is 6.20 Å². The van der Waals surface area contributed by atoms with Gasteiger partial charge in [0.15, 0.2) is 0 Å². The largest absolute Gasteiger partial charge is 0.296 e. The van der Waals surface area contributed by atoms with Gasteiger partial charge in [0, 0.05) is 36.3 Å². The Hall–Kier alpha value is -1.08. The van der Waals surface area contributed by atoms with Gasteiger partial charge in [0.1, 0.15) is 11.1 Å². The minimum atomic E-state index is -3.70. The molecule has 1 atom stereocenters. The van der Waals surface area contributed by atoms with Crippen LogP contribution in [0.2, 0.25) is 0 Å². The molecule has 1 aliphatic rings. The van der Waals surface area contributed by atoms with Gasteiger partial charge in [-0.15, -0.1) is 0 Å². The lowest BCUT2D eigenvalue weighted by atomic mass is 10.4. The molecule has 0 aromatic carbocycles. The van der Waals surface area contributed by atoms with Crippen molar-refractivity contribution in [3.05, 3.63) is 12.3 Å². The average Bonchev–Trinajstić information content (AvgIpc) is 2.81. The second-order valence-corrected chi connectivity index (χ2v) is 6.72. The Balaban J connectivity index is 2.28. The highest BCUT2D eigenvalue weighted by Gasteiger charge is 2.38. The summed E-state index contributed by atoms with van der Waals surface area (Å²) in [5, 5.41) is 3.21. The molecule has 0 aliphatic carbocycles. The summed E-state index contributed by atoms with van der Waals surface area (Å²) < 4.78 is 24.1. The molecule has 6 nitrogen and oxygen atoms in total. The predicted octanol–water partition coefficient (Wildman–Crippen LogP) is 0.577. The standard InChI is InChI=1S/C9H12ClN3O3S/c1-2-13-8(3-4-11-13)12-6-7(5-9(12)14)17(10,15)16/h3-4,7H,2,5-6H2,1H3. The van der Waals surface area contributed by atoms with Crippen LogP contribution in [-0.4, -0.2) is 35.9 Å². The Morgan fingerprint density at radius 2 is 2.29 bits per heavy atom. The fourth-order valence-electron chi connectivity index (χ4n) is 1.88. The molecule has 0 spiro atoms. The van der Waals surface area contributed by atoms with Crippen LogP contribution < -0.4 is 4.90 Å². The molecular weight excluding hydrogens is 266 g/mol. The van der Waals surface area contributed by atoms with Crippen molar-refractivity contribution in [3.63, 3.8) is 0 Å². The van der Waals surface area contributed by atoms with Crippen LogP contribution in [0.15, 0.2) is 12.3 Å². The number of anilines is 1. The zero-order valence-corrected chi connectivity index (χ0v) is 10.8. The van der Waals surface area contributed by atoms with E-state index in [1.54, 1.807) is 16.9 Å². The highest BCUT2D eigenvalue weighted by atomic mass is 35.7. The lowest BCUT2D eigenvalue weighted by Gasteiger charge is -2.16. The summed E-state index contributed by atoms with van der Waals surface area (Å²) in [6.45, 7) is 2.60. The highest BCUT2D eigenvalue weighted by molar-refractivity contribution is 8.14. The second kappa shape index (κ2) is 4.30. The van der Waals surface area contributed by atoms with Crippen LogP contribution in [0.1, 0.15) is 13.3 Å². The fraction of sp³-hybridized carbons (Fsp3) is 0.556. The Morgan fingerprint density at radius 1 is 1.59 bits per heavy atom. The van der Waals surface area contributed by atoms with Gasteiger partial charge in [-0.3, -0.25) is 9.69 Å². The Bertz CT molecular complexity index is 539. The minimum Gasteiger partial charge on any atom is -0.296 e. The van der Waals surface area contributed by atoms with Gasteiger partial charge >= 0.3 is 0 Å². The molecule has 0 saturated carbocycles. The van der Waals surface area contributed by atoms with E-state index >= 15 is 0 Å². The molecule has 0 radical (unpaired) electrons. The molecule has 94 valence electrons. The fourth-order valence-corrected chi connectivity index (χ4v) is 2.91. The summed E-state index contributed by atoms with van der Waals surface area (Å²) in [6.07, 6.45) is 1.51. The number of aromatic nitrogens is 2. The summed E-state index contributed by atoms with van der Waals surface area (Å²) in [5.74, 6) is 0.370. The van der Waals surface area contributed by atoms with Crippen molar-refractivity contribution < 1.29 is 13.2 Å². The lowest BCUT2D eigenvalue weighted by Crippen LogP contribution is -2.28. The van der Waals surface area contributed by atoms with Gasteiger partial charge in [0.2, 0.25) is 15.0 Å². The zero-order chi connectivity index (χ0) is 12.6. The predicted molar refractivity (Wildman–Crippen MR) is 63.4 cm³/mol. The van der Waals surface area contributed by atoms with Gasteiger partial charge in [-0.1, -0.05) is 0 Å². The van der Waals surface area contributed by atoms with E-state index in [0.717, 1.165) is 0 Å². The number of halogens is 1. The van der Waals surface area contributed by atoms with Crippen molar-refractivity contribution in [2.24, 2.45) is 0 Å². The molecule has 0 bridgehead atoms. The van der Waals surface area contributed by atoms with Gasteiger partial charge in [-0.2, -0.15) is 5.10 Å². The van der Waals surface area contributed by atoms with Crippen molar-refractivity contribution in [2.45, 2.75) is 25.1 Å². The first-order chi connectivity index (χ1) is 7.93. The summed E-state index contributed by atoms with van der Waals surface area (Å²) in [5.41, 5.74) is 0. The van der Waals surface area contributed by atoms with Crippen LogP contribution in [0.5, 0.6) is 0 Å². The molecule has 1 unspecified atom stereocenters. The molecule has 1 amide bonds. The first-order valence-electron chi connectivity index (χ1n) is 5.19. The molecule has 2 heterocycles. The number of aryl methyl sites for hydroxylation is 1. The second-order valence-electron chi connectivity index (χ2n) is 3.81. The monoisotopic (exact) mass is 277 g/mol. The van der Waals surface area contributed by atoms with Crippen molar-refractivity contribution in [1.29, 1.82) is 0 Å². The van der Waals surface area contributed by atoms with E-state index in [9.17, 15) is 13.2 Å². The van der Waals surface area contributed by atoms with Crippen molar-refractivity contribution >= 4 is 31.5 Å². The maximum Gasteiger partial charge on any atom is 0.237 e. The smallest absolute Gasteiger partial charge is 0.237 e. The van der Waals surface area contributed by atoms with Crippen molar-refractivity contribution in [1.82, 2.24) is 9.78 Å². The summed E-state index contributed by atoms with van der Waals surface area (Å²) in [4.78, 5) is 13.2. The first kappa shape index (κ1) is 12.4. The number of carbonyl (C=O) groups excluding carboxylic acids is 1. The maximum absolute atomic E-state index is 11.8. The summed E-state index contributed by atoms with van der Waals surface area (Å²) in [6, 6.07) is 1.69. The van der Waals surface area contributed by atoms with Crippen molar-refractivity contribution in [2.75, 3.05) is 11.4 Å². The van der Waals surface area contributed by atoms with E-state index in [2.05, 4.69) is 5.10 Å². The molecule has 17 heavy (non-hydrogen) atoms. The minimum absolute atomic E-state index is 0.0687. The number of rotatable bonds is 3. The summed E-state index contributed by atoms with van der Waals surface area (Å²) >= 11 is 0. The van der Waals surface area contributed by atoms with Crippen molar-refractivity contribution in [3.8, 4) is 0 Å². The molecular formula is C9H12ClN3O3S. The molecule has 8 heteroatoms. The first-order valence-corrected chi connectivity index (χ1v) is 7.56. The van der Waals surface area contributed by atoms with E-state index in [1.807, 2.05) is 6.92 Å². The topological polar surface area (TPSA) is 72.3 Å². The van der Waals surface area contributed by atoms with Crippen LogP contribution in [0.3, 0.4) is 0 Å². The van der Waals surface area contributed by atoms with E-state index in [-0.39, 0.29) is 18.9 Å². The number of hydrogen-bond acceptors (Lipinski definition) is 4. The number of carbonyl (C=O) groups is 1. The third-order valence-electron chi connectivity index (χ3n) is 2.76. The zero-order valence-electron chi connectivity index (χ0n) is 9.21. The third-order valence-corrected chi connectivity index (χ3v) is 4.63. The van der Waals surface area contributed by atoms with Crippen LogP contribution >= 0.6 is 10.7 Å². The van der Waals surface area contributed by atoms with Crippen LogP contribution in [-0.2, 0) is 20.4 Å². The van der Waals surface area contributed by atoms with E-state index in [0.29, 0.717) is 12.4 Å². The Labute approximate surface area is 104 Å². The molecule has 1 saturated heterocycles. The normalized spacial score (nSPS) is 21.2. The molecule has 2 rings (SSSR count). The van der Waals surface area contributed by atoms with Crippen LogP contribution in [0, 0.1) is 0 Å². The maximum atomic E-state index is 11.8. The number of hydrogen-bond donors (Lipinski definition) is 0. The van der Waals surface area contributed by atoms with E-state index < -0.39 is 14.3 Å². The molecule has 1 aliphatic heterocycles. The molecule has 1 aromatic heterocycles. The molecule has 1 aromatic rings. The van der Waals surface area contributed by atoms with E-state index in [4.69, 9.17) is 10.7 Å². The quantitative estimate of drug-likeness (QED) is 0.758. The van der Waals surface area contributed by atoms with Gasteiger partial charge in [0.25, 0.3) is 0 Å². The average molecular weight is 278 g/mol. The van der Waals surface area contributed by atoms with Gasteiger partial charge in [-0.25, -0.2) is 13.1 Å². The highest BCUT2D eigenvalue weighted by Crippen LogP contribution is 2.26. The Kier molecular flexibility index (Phi) is 3.13. The SMILES string of the molecule is CCn1nccc1N1CC(S(=O)(=O)Cl)CC1=O. The third kappa shape index (κ3) is 2.30. The number of amides is 1. The van der Waals surface area contributed by atoms with Crippen LogP contribution in [0.25, 0.3) is 0 Å².